The number of rotatable bonds is 4. The summed E-state index contributed by atoms with van der Waals surface area (Å²) in [6.07, 6.45) is 0. The van der Waals surface area contributed by atoms with Gasteiger partial charge < -0.3 is 15.1 Å². The molecule has 1 aliphatic rings. The molecule has 0 aliphatic carbocycles. The Labute approximate surface area is 148 Å². The van der Waals surface area contributed by atoms with Crippen molar-refractivity contribution in [2.75, 3.05) is 42.9 Å². The molecule has 1 N–H and O–H groups in total. The molecule has 1 aromatic carbocycles. The van der Waals surface area contributed by atoms with E-state index in [1.165, 1.54) is 0 Å². The summed E-state index contributed by atoms with van der Waals surface area (Å²) in [5.74, 6) is 2.64. The van der Waals surface area contributed by atoms with Gasteiger partial charge in [0.05, 0.1) is 0 Å². The number of amides is 1. The van der Waals surface area contributed by atoms with Gasteiger partial charge in [-0.2, -0.15) is 0 Å². The van der Waals surface area contributed by atoms with Crippen LogP contribution in [0.25, 0.3) is 0 Å². The highest BCUT2D eigenvalue weighted by molar-refractivity contribution is 5.94. The van der Waals surface area contributed by atoms with E-state index in [0.717, 1.165) is 48.2 Å². The van der Waals surface area contributed by atoms with Gasteiger partial charge in [0.1, 0.15) is 17.5 Å². The van der Waals surface area contributed by atoms with Gasteiger partial charge in [-0.05, 0) is 32.9 Å². The van der Waals surface area contributed by atoms with Crippen molar-refractivity contribution in [3.8, 4) is 0 Å². The largest absolute Gasteiger partial charge is 0.370 e. The quantitative estimate of drug-likeness (QED) is 0.927. The SMILES string of the molecule is CCNc1cc(N2CCN(C(=O)c3cccc(C)c3)CC2)nc(C)n1. The van der Waals surface area contributed by atoms with Crippen molar-refractivity contribution in [2.24, 2.45) is 0 Å². The van der Waals surface area contributed by atoms with Crippen LogP contribution in [0.1, 0.15) is 28.7 Å². The Kier molecular flexibility index (Phi) is 5.16. The average Bonchev–Trinajstić information content (AvgIpc) is 2.61. The highest BCUT2D eigenvalue weighted by atomic mass is 16.2. The van der Waals surface area contributed by atoms with Crippen molar-refractivity contribution in [1.29, 1.82) is 0 Å². The van der Waals surface area contributed by atoms with Gasteiger partial charge in [0.2, 0.25) is 0 Å². The zero-order chi connectivity index (χ0) is 17.8. The molecule has 0 bridgehead atoms. The van der Waals surface area contributed by atoms with Gasteiger partial charge in [0.15, 0.2) is 0 Å². The third-order valence-electron chi connectivity index (χ3n) is 4.34. The third-order valence-corrected chi connectivity index (χ3v) is 4.34. The average molecular weight is 339 g/mol. The van der Waals surface area contributed by atoms with Crippen molar-refractivity contribution in [2.45, 2.75) is 20.8 Å². The summed E-state index contributed by atoms with van der Waals surface area (Å²) in [4.78, 5) is 25.7. The molecule has 0 radical (unpaired) electrons. The molecule has 1 saturated heterocycles. The minimum Gasteiger partial charge on any atom is -0.370 e. The maximum atomic E-state index is 12.7. The van der Waals surface area contributed by atoms with Crippen molar-refractivity contribution in [3.05, 3.63) is 47.3 Å². The number of hydrogen-bond donors (Lipinski definition) is 1. The Balaban J connectivity index is 1.66. The first-order chi connectivity index (χ1) is 12.1. The van der Waals surface area contributed by atoms with Gasteiger partial charge in [-0.25, -0.2) is 9.97 Å². The van der Waals surface area contributed by atoms with E-state index < -0.39 is 0 Å². The molecule has 1 aromatic heterocycles. The van der Waals surface area contributed by atoms with Crippen LogP contribution in [0.15, 0.2) is 30.3 Å². The molecule has 132 valence electrons. The number of carbonyl (C=O) groups is 1. The van der Waals surface area contributed by atoms with Crippen LogP contribution in [0.2, 0.25) is 0 Å². The van der Waals surface area contributed by atoms with Crippen LogP contribution in [-0.2, 0) is 0 Å². The van der Waals surface area contributed by atoms with Gasteiger partial charge in [-0.1, -0.05) is 17.7 Å². The number of anilines is 2. The van der Waals surface area contributed by atoms with E-state index in [-0.39, 0.29) is 5.91 Å². The molecule has 25 heavy (non-hydrogen) atoms. The first kappa shape index (κ1) is 17.2. The molecule has 6 nitrogen and oxygen atoms in total. The van der Waals surface area contributed by atoms with E-state index >= 15 is 0 Å². The molecule has 3 rings (SSSR count). The minimum atomic E-state index is 0.107. The molecular formula is C19H25N5O. The zero-order valence-electron chi connectivity index (χ0n) is 15.1. The minimum absolute atomic E-state index is 0.107. The van der Waals surface area contributed by atoms with E-state index in [1.54, 1.807) is 0 Å². The number of piperazine rings is 1. The summed E-state index contributed by atoms with van der Waals surface area (Å²) in [6, 6.07) is 9.76. The topological polar surface area (TPSA) is 61.4 Å². The lowest BCUT2D eigenvalue weighted by molar-refractivity contribution is 0.0746. The fourth-order valence-electron chi connectivity index (χ4n) is 3.08. The standard InChI is InChI=1S/C19H25N5O/c1-4-20-17-13-18(22-15(3)21-17)23-8-10-24(11-9-23)19(25)16-7-5-6-14(2)12-16/h5-7,12-13H,4,8-11H2,1-3H3,(H,20,21,22). The lowest BCUT2D eigenvalue weighted by Gasteiger charge is -2.35. The normalized spacial score (nSPS) is 14.5. The molecule has 1 aliphatic heterocycles. The molecule has 0 spiro atoms. The van der Waals surface area contributed by atoms with Crippen molar-refractivity contribution in [1.82, 2.24) is 14.9 Å². The maximum Gasteiger partial charge on any atom is 0.253 e. The molecule has 1 fully saturated rings. The number of nitrogens with zero attached hydrogens (tertiary/aromatic N) is 4. The lowest BCUT2D eigenvalue weighted by atomic mass is 10.1. The van der Waals surface area contributed by atoms with Crippen molar-refractivity contribution in [3.63, 3.8) is 0 Å². The Morgan fingerprint density at radius 1 is 1.12 bits per heavy atom. The fraction of sp³-hybridized carbons (Fsp3) is 0.421. The van der Waals surface area contributed by atoms with Gasteiger partial charge in [0.25, 0.3) is 5.91 Å². The fourth-order valence-corrected chi connectivity index (χ4v) is 3.08. The van der Waals surface area contributed by atoms with Gasteiger partial charge in [-0.3, -0.25) is 4.79 Å². The molecule has 6 heteroatoms. The number of nitrogens with one attached hydrogen (secondary N) is 1. The Morgan fingerprint density at radius 3 is 2.56 bits per heavy atom. The van der Waals surface area contributed by atoms with E-state index in [1.807, 2.05) is 56.0 Å². The third kappa shape index (κ3) is 4.07. The van der Waals surface area contributed by atoms with Crippen LogP contribution < -0.4 is 10.2 Å². The summed E-state index contributed by atoms with van der Waals surface area (Å²) in [7, 11) is 0. The van der Waals surface area contributed by atoms with Gasteiger partial charge >= 0.3 is 0 Å². The monoisotopic (exact) mass is 339 g/mol. The molecular weight excluding hydrogens is 314 g/mol. The highest BCUT2D eigenvalue weighted by Crippen LogP contribution is 2.19. The summed E-state index contributed by atoms with van der Waals surface area (Å²) in [5.41, 5.74) is 1.87. The Morgan fingerprint density at radius 2 is 1.88 bits per heavy atom. The number of benzene rings is 1. The summed E-state index contributed by atoms with van der Waals surface area (Å²) < 4.78 is 0. The van der Waals surface area contributed by atoms with Gasteiger partial charge in [-0.15, -0.1) is 0 Å². The lowest BCUT2D eigenvalue weighted by Crippen LogP contribution is -2.49. The van der Waals surface area contributed by atoms with E-state index in [2.05, 4.69) is 20.2 Å². The van der Waals surface area contributed by atoms with E-state index in [9.17, 15) is 4.79 Å². The van der Waals surface area contributed by atoms with Crippen LogP contribution in [0.4, 0.5) is 11.6 Å². The van der Waals surface area contributed by atoms with Crippen LogP contribution in [-0.4, -0.2) is 53.5 Å². The summed E-state index contributed by atoms with van der Waals surface area (Å²) in [6.45, 7) is 9.75. The van der Waals surface area contributed by atoms with Gasteiger partial charge in [0, 0.05) is 44.4 Å². The molecule has 2 aromatic rings. The number of aryl methyl sites for hydroxylation is 2. The first-order valence-corrected chi connectivity index (χ1v) is 8.77. The molecule has 0 atom stereocenters. The van der Waals surface area contributed by atoms with Crippen molar-refractivity contribution < 1.29 is 4.79 Å². The van der Waals surface area contributed by atoms with Crippen LogP contribution in [0.3, 0.4) is 0 Å². The Hall–Kier alpha value is -2.63. The number of hydrogen-bond acceptors (Lipinski definition) is 5. The summed E-state index contributed by atoms with van der Waals surface area (Å²) in [5, 5.41) is 3.24. The number of aromatic nitrogens is 2. The predicted octanol–water partition coefficient (Wildman–Crippen LogP) is 2.49. The second-order valence-electron chi connectivity index (χ2n) is 6.34. The van der Waals surface area contributed by atoms with E-state index in [0.29, 0.717) is 13.1 Å². The molecule has 0 unspecified atom stereocenters. The zero-order valence-corrected chi connectivity index (χ0v) is 15.1. The summed E-state index contributed by atoms with van der Waals surface area (Å²) >= 11 is 0. The Bertz CT molecular complexity index is 753. The highest BCUT2D eigenvalue weighted by Gasteiger charge is 2.23. The molecule has 0 saturated carbocycles. The maximum absolute atomic E-state index is 12.7. The van der Waals surface area contributed by atoms with E-state index in [4.69, 9.17) is 0 Å². The van der Waals surface area contributed by atoms with Crippen molar-refractivity contribution >= 4 is 17.5 Å². The van der Waals surface area contributed by atoms with Crippen LogP contribution >= 0.6 is 0 Å². The van der Waals surface area contributed by atoms with Crippen LogP contribution in [0, 0.1) is 13.8 Å². The second-order valence-corrected chi connectivity index (χ2v) is 6.34. The van der Waals surface area contributed by atoms with Crippen LogP contribution in [0.5, 0.6) is 0 Å². The smallest absolute Gasteiger partial charge is 0.253 e. The second kappa shape index (κ2) is 7.51. The molecule has 2 heterocycles. The molecule has 1 amide bonds. The first-order valence-electron chi connectivity index (χ1n) is 8.77. The predicted molar refractivity (Wildman–Crippen MR) is 100 cm³/mol. The number of carbonyl (C=O) groups excluding carboxylic acids is 1.